The van der Waals surface area contributed by atoms with Gasteiger partial charge in [0.1, 0.15) is 0 Å². The van der Waals surface area contributed by atoms with E-state index in [1.54, 1.807) is 7.11 Å². The molecule has 0 amide bonds. The molecule has 1 aliphatic heterocycles. The van der Waals surface area contributed by atoms with E-state index in [9.17, 15) is 0 Å². The first-order valence-electron chi connectivity index (χ1n) is 8.53. The zero-order chi connectivity index (χ0) is 17.4. The van der Waals surface area contributed by atoms with Crippen LogP contribution in [0.1, 0.15) is 18.4 Å². The van der Waals surface area contributed by atoms with Crippen LogP contribution in [-0.2, 0) is 11.3 Å². The van der Waals surface area contributed by atoms with Crippen LogP contribution in [-0.4, -0.2) is 69.2 Å². The molecule has 0 radical (unpaired) electrons. The number of nitrogens with zero attached hydrogens (tertiary/aromatic N) is 3. The summed E-state index contributed by atoms with van der Waals surface area (Å²) in [5, 5.41) is 3.53. The standard InChI is InChI=1S/C18H29BrN4O.HI/c1-20-18(22(2)14-15-6-8-16(19)9-7-15)21-13-17-5-4-10-23(17)11-12-24-3;/h6-9,17H,4-5,10-14H2,1-3H3,(H,20,21);1H. The number of ether oxygens (including phenoxy) is 1. The van der Waals surface area contributed by atoms with E-state index in [2.05, 4.69) is 67.4 Å². The van der Waals surface area contributed by atoms with E-state index in [4.69, 9.17) is 4.74 Å². The van der Waals surface area contributed by atoms with E-state index in [1.807, 2.05) is 7.05 Å². The second-order valence-corrected chi connectivity index (χ2v) is 7.15. The molecule has 1 aliphatic rings. The van der Waals surface area contributed by atoms with Crippen molar-refractivity contribution in [2.45, 2.75) is 25.4 Å². The summed E-state index contributed by atoms with van der Waals surface area (Å²) in [7, 11) is 5.69. The highest BCUT2D eigenvalue weighted by Gasteiger charge is 2.24. The Labute approximate surface area is 177 Å². The van der Waals surface area contributed by atoms with Gasteiger partial charge in [-0.15, -0.1) is 24.0 Å². The summed E-state index contributed by atoms with van der Waals surface area (Å²) in [6, 6.07) is 8.99. The van der Waals surface area contributed by atoms with Gasteiger partial charge in [0.05, 0.1) is 6.61 Å². The Morgan fingerprint density at radius 3 is 2.76 bits per heavy atom. The topological polar surface area (TPSA) is 40.1 Å². The Kier molecular flexibility index (Phi) is 11.0. The van der Waals surface area contributed by atoms with Gasteiger partial charge in [-0.25, -0.2) is 0 Å². The van der Waals surface area contributed by atoms with Gasteiger partial charge in [0.25, 0.3) is 0 Å². The third-order valence-corrected chi connectivity index (χ3v) is 5.01. The minimum absolute atomic E-state index is 0. The lowest BCUT2D eigenvalue weighted by atomic mass is 10.2. The fourth-order valence-corrected chi connectivity index (χ4v) is 3.43. The molecular formula is C18H30BrIN4O. The molecule has 1 N–H and O–H groups in total. The monoisotopic (exact) mass is 524 g/mol. The summed E-state index contributed by atoms with van der Waals surface area (Å²) >= 11 is 3.48. The highest BCUT2D eigenvalue weighted by atomic mass is 127. The normalized spacial score (nSPS) is 18.1. The number of likely N-dealkylation sites (tertiary alicyclic amines) is 1. The van der Waals surface area contributed by atoms with Gasteiger partial charge in [0.2, 0.25) is 0 Å². The van der Waals surface area contributed by atoms with Gasteiger partial charge in [0.15, 0.2) is 5.96 Å². The third kappa shape index (κ3) is 7.40. The third-order valence-electron chi connectivity index (χ3n) is 4.48. The molecule has 5 nitrogen and oxygen atoms in total. The van der Waals surface area contributed by atoms with E-state index in [0.717, 1.165) is 36.7 Å². The minimum Gasteiger partial charge on any atom is -0.383 e. The van der Waals surface area contributed by atoms with Crippen molar-refractivity contribution in [2.75, 3.05) is 47.4 Å². The lowest BCUT2D eigenvalue weighted by Crippen LogP contribution is -2.45. The van der Waals surface area contributed by atoms with Crippen molar-refractivity contribution in [3.8, 4) is 0 Å². The van der Waals surface area contributed by atoms with Crippen LogP contribution in [0.5, 0.6) is 0 Å². The molecule has 0 saturated carbocycles. The SMILES string of the molecule is CN=C(NCC1CCCN1CCOC)N(C)Cc1ccc(Br)cc1.I. The van der Waals surface area contributed by atoms with Crippen molar-refractivity contribution < 1.29 is 4.74 Å². The highest BCUT2D eigenvalue weighted by Crippen LogP contribution is 2.16. The van der Waals surface area contributed by atoms with Crippen LogP contribution >= 0.6 is 39.9 Å². The Hall–Kier alpha value is -0.380. The Balaban J connectivity index is 0.00000312. The molecule has 1 heterocycles. The molecule has 1 saturated heterocycles. The number of rotatable bonds is 7. The zero-order valence-corrected chi connectivity index (χ0v) is 19.3. The maximum absolute atomic E-state index is 5.21. The summed E-state index contributed by atoms with van der Waals surface area (Å²) in [4.78, 5) is 9.11. The van der Waals surface area contributed by atoms with Gasteiger partial charge in [-0.3, -0.25) is 9.89 Å². The lowest BCUT2D eigenvalue weighted by molar-refractivity contribution is 0.141. The number of halogens is 2. The number of benzene rings is 1. The minimum atomic E-state index is 0. The van der Waals surface area contributed by atoms with Crippen LogP contribution in [0.15, 0.2) is 33.7 Å². The van der Waals surface area contributed by atoms with Crippen molar-refractivity contribution in [3.05, 3.63) is 34.3 Å². The van der Waals surface area contributed by atoms with E-state index in [0.29, 0.717) is 6.04 Å². The number of hydrogen-bond donors (Lipinski definition) is 1. The van der Waals surface area contributed by atoms with Crippen molar-refractivity contribution in [3.63, 3.8) is 0 Å². The van der Waals surface area contributed by atoms with Crippen LogP contribution in [0.2, 0.25) is 0 Å². The molecule has 0 spiro atoms. The molecule has 142 valence electrons. The van der Waals surface area contributed by atoms with Gasteiger partial charge >= 0.3 is 0 Å². The average molecular weight is 525 g/mol. The second kappa shape index (κ2) is 12.1. The second-order valence-electron chi connectivity index (χ2n) is 6.24. The molecule has 1 aromatic rings. The quantitative estimate of drug-likeness (QED) is 0.338. The predicted octanol–water partition coefficient (Wildman–Crippen LogP) is 3.19. The van der Waals surface area contributed by atoms with Crippen molar-refractivity contribution in [1.29, 1.82) is 0 Å². The average Bonchev–Trinajstić information content (AvgIpc) is 3.03. The molecule has 0 aromatic heterocycles. The van der Waals surface area contributed by atoms with Crippen LogP contribution in [0.3, 0.4) is 0 Å². The van der Waals surface area contributed by atoms with Gasteiger partial charge in [0, 0.05) is 51.4 Å². The summed E-state index contributed by atoms with van der Waals surface area (Å²) < 4.78 is 6.32. The van der Waals surface area contributed by atoms with Gasteiger partial charge in [-0.05, 0) is 37.1 Å². The van der Waals surface area contributed by atoms with Gasteiger partial charge in [-0.1, -0.05) is 28.1 Å². The number of aliphatic imine (C=N–C) groups is 1. The molecule has 7 heteroatoms. The number of guanidine groups is 1. The smallest absolute Gasteiger partial charge is 0.193 e. The fourth-order valence-electron chi connectivity index (χ4n) is 3.16. The molecule has 1 aromatic carbocycles. The first kappa shape index (κ1) is 22.7. The van der Waals surface area contributed by atoms with Crippen molar-refractivity contribution in [1.82, 2.24) is 15.1 Å². The van der Waals surface area contributed by atoms with Crippen molar-refractivity contribution >= 4 is 45.9 Å². The molecule has 1 unspecified atom stereocenters. The summed E-state index contributed by atoms with van der Waals surface area (Å²) in [6.45, 7) is 4.75. The van der Waals surface area contributed by atoms with Crippen LogP contribution in [0.4, 0.5) is 0 Å². The molecule has 2 rings (SSSR count). The maximum Gasteiger partial charge on any atom is 0.193 e. The molecule has 25 heavy (non-hydrogen) atoms. The number of nitrogens with one attached hydrogen (secondary N) is 1. The summed E-state index contributed by atoms with van der Waals surface area (Å²) in [6.07, 6.45) is 2.51. The predicted molar refractivity (Wildman–Crippen MR) is 119 cm³/mol. The molecule has 0 aliphatic carbocycles. The first-order valence-corrected chi connectivity index (χ1v) is 9.32. The first-order chi connectivity index (χ1) is 11.6. The number of hydrogen-bond acceptors (Lipinski definition) is 3. The molecule has 1 fully saturated rings. The van der Waals surface area contributed by atoms with Gasteiger partial charge < -0.3 is 15.0 Å². The van der Waals surface area contributed by atoms with Crippen LogP contribution in [0.25, 0.3) is 0 Å². The lowest BCUT2D eigenvalue weighted by Gasteiger charge is -2.27. The fraction of sp³-hybridized carbons (Fsp3) is 0.611. The summed E-state index contributed by atoms with van der Waals surface area (Å²) in [5.74, 6) is 0.941. The van der Waals surface area contributed by atoms with Crippen LogP contribution < -0.4 is 5.32 Å². The van der Waals surface area contributed by atoms with Gasteiger partial charge in [-0.2, -0.15) is 0 Å². The largest absolute Gasteiger partial charge is 0.383 e. The Morgan fingerprint density at radius 1 is 1.40 bits per heavy atom. The Morgan fingerprint density at radius 2 is 2.12 bits per heavy atom. The molecule has 1 atom stereocenters. The number of methoxy groups -OCH3 is 1. The zero-order valence-electron chi connectivity index (χ0n) is 15.4. The van der Waals surface area contributed by atoms with E-state index in [1.165, 1.54) is 24.9 Å². The summed E-state index contributed by atoms with van der Waals surface area (Å²) in [5.41, 5.74) is 1.27. The molecular weight excluding hydrogens is 495 g/mol. The maximum atomic E-state index is 5.21. The van der Waals surface area contributed by atoms with E-state index < -0.39 is 0 Å². The highest BCUT2D eigenvalue weighted by molar-refractivity contribution is 14.0. The Bertz CT molecular complexity index is 526. The van der Waals surface area contributed by atoms with E-state index in [-0.39, 0.29) is 24.0 Å². The van der Waals surface area contributed by atoms with Crippen molar-refractivity contribution in [2.24, 2.45) is 4.99 Å². The van der Waals surface area contributed by atoms with E-state index >= 15 is 0 Å². The molecule has 0 bridgehead atoms. The van der Waals surface area contributed by atoms with Crippen LogP contribution in [0, 0.1) is 0 Å².